The first-order chi connectivity index (χ1) is 8.97. The minimum absolute atomic E-state index is 0.117. The van der Waals surface area contributed by atoms with E-state index < -0.39 is 0 Å². The second-order valence-electron chi connectivity index (χ2n) is 6.99. The Hall–Kier alpha value is -0.470. The normalized spacial score (nSPS) is 39.7. The molecule has 0 spiro atoms. The first-order valence-electron chi connectivity index (χ1n) is 7.30. The Balaban J connectivity index is 1.74. The molecule has 2 aliphatic rings. The van der Waals surface area contributed by atoms with E-state index in [2.05, 4.69) is 51.1 Å². The van der Waals surface area contributed by atoms with E-state index in [-0.39, 0.29) is 16.9 Å². The summed E-state index contributed by atoms with van der Waals surface area (Å²) in [6.45, 7) is 7.01. The Labute approximate surface area is 120 Å². The lowest BCUT2D eigenvalue weighted by atomic mass is 9.70. The van der Waals surface area contributed by atoms with Crippen molar-refractivity contribution in [2.75, 3.05) is 0 Å². The summed E-state index contributed by atoms with van der Waals surface area (Å²) in [6, 6.07) is 10.6. The molecule has 104 valence electrons. The van der Waals surface area contributed by atoms with E-state index >= 15 is 0 Å². The third kappa shape index (κ3) is 1.87. The summed E-state index contributed by atoms with van der Waals surface area (Å²) in [5.74, 6) is 1.69. The minimum atomic E-state index is -0.144. The van der Waals surface area contributed by atoms with Crippen molar-refractivity contribution in [2.45, 2.75) is 50.7 Å². The number of benzene rings is 1. The first kappa shape index (κ1) is 13.5. The Morgan fingerprint density at radius 2 is 1.89 bits per heavy atom. The standard InChI is InChI=1S/C17H24OS/c1-16(2)13-9-10-17(16,3)15(18)14(13)19-11-12-7-5-4-6-8-12/h4-8,13-15,18H,9-11H2,1-3H3/t13-,14+,15+,17+/m1/s1. The molecular weight excluding hydrogens is 252 g/mol. The van der Waals surface area contributed by atoms with Crippen LogP contribution in [0.2, 0.25) is 0 Å². The lowest BCUT2D eigenvalue weighted by Gasteiger charge is -2.37. The second kappa shape index (κ2) is 4.53. The van der Waals surface area contributed by atoms with Crippen molar-refractivity contribution in [2.24, 2.45) is 16.7 Å². The van der Waals surface area contributed by atoms with Crippen LogP contribution in [0.15, 0.2) is 30.3 Å². The van der Waals surface area contributed by atoms with Crippen molar-refractivity contribution in [1.82, 2.24) is 0 Å². The predicted octanol–water partition coefficient (Wildman–Crippen LogP) is 4.11. The molecule has 1 nitrogen and oxygen atoms in total. The average molecular weight is 276 g/mol. The summed E-state index contributed by atoms with van der Waals surface area (Å²) in [5, 5.41) is 11.1. The first-order valence-corrected chi connectivity index (χ1v) is 8.35. The highest BCUT2D eigenvalue weighted by molar-refractivity contribution is 7.99. The molecule has 2 fully saturated rings. The van der Waals surface area contributed by atoms with Crippen molar-refractivity contribution in [1.29, 1.82) is 0 Å². The fraction of sp³-hybridized carbons (Fsp3) is 0.647. The van der Waals surface area contributed by atoms with Crippen LogP contribution in [0.25, 0.3) is 0 Å². The molecular formula is C17H24OS. The van der Waals surface area contributed by atoms with Gasteiger partial charge < -0.3 is 5.11 Å². The molecule has 19 heavy (non-hydrogen) atoms. The number of thioether (sulfide) groups is 1. The van der Waals surface area contributed by atoms with Gasteiger partial charge in [0.1, 0.15) is 0 Å². The predicted molar refractivity (Wildman–Crippen MR) is 82.1 cm³/mol. The maximum atomic E-state index is 10.7. The van der Waals surface area contributed by atoms with Crippen LogP contribution in [0.4, 0.5) is 0 Å². The Bertz CT molecular complexity index is 456. The van der Waals surface area contributed by atoms with Gasteiger partial charge in [-0.25, -0.2) is 0 Å². The van der Waals surface area contributed by atoms with Crippen LogP contribution in [-0.2, 0) is 5.75 Å². The molecule has 0 radical (unpaired) electrons. The van der Waals surface area contributed by atoms with Gasteiger partial charge in [0, 0.05) is 11.0 Å². The topological polar surface area (TPSA) is 20.2 Å². The number of hydrogen-bond donors (Lipinski definition) is 1. The lowest BCUT2D eigenvalue weighted by molar-refractivity contribution is 0.0148. The molecule has 2 saturated carbocycles. The molecule has 2 bridgehead atoms. The Kier molecular flexibility index (Phi) is 3.22. The lowest BCUT2D eigenvalue weighted by Crippen LogP contribution is -2.38. The summed E-state index contributed by atoms with van der Waals surface area (Å²) >= 11 is 1.96. The number of hydrogen-bond acceptors (Lipinski definition) is 2. The van der Waals surface area contributed by atoms with Crippen LogP contribution < -0.4 is 0 Å². The zero-order valence-corrected chi connectivity index (χ0v) is 12.9. The third-order valence-electron chi connectivity index (χ3n) is 6.02. The van der Waals surface area contributed by atoms with Crippen LogP contribution in [0, 0.1) is 16.7 Å². The van der Waals surface area contributed by atoms with E-state index in [1.54, 1.807) is 0 Å². The van der Waals surface area contributed by atoms with Gasteiger partial charge in [0.25, 0.3) is 0 Å². The van der Waals surface area contributed by atoms with E-state index in [0.29, 0.717) is 11.2 Å². The molecule has 0 aliphatic heterocycles. The smallest absolute Gasteiger partial charge is 0.0720 e. The highest BCUT2D eigenvalue weighted by Gasteiger charge is 2.65. The molecule has 1 aromatic rings. The molecule has 0 aromatic heterocycles. The Morgan fingerprint density at radius 3 is 2.47 bits per heavy atom. The highest BCUT2D eigenvalue weighted by atomic mass is 32.2. The molecule has 1 aromatic carbocycles. The van der Waals surface area contributed by atoms with Crippen molar-refractivity contribution >= 4 is 11.8 Å². The van der Waals surface area contributed by atoms with Gasteiger partial charge in [0.15, 0.2) is 0 Å². The molecule has 3 rings (SSSR count). The number of fused-ring (bicyclic) bond motifs is 2. The fourth-order valence-electron chi connectivity index (χ4n) is 4.22. The molecule has 2 heteroatoms. The zero-order chi connectivity index (χ0) is 13.7. The van der Waals surface area contributed by atoms with Crippen LogP contribution >= 0.6 is 11.8 Å². The molecule has 2 aliphatic carbocycles. The van der Waals surface area contributed by atoms with Crippen LogP contribution in [0.5, 0.6) is 0 Å². The summed E-state index contributed by atoms with van der Waals surface area (Å²) < 4.78 is 0. The van der Waals surface area contributed by atoms with Gasteiger partial charge in [-0.1, -0.05) is 51.1 Å². The van der Waals surface area contributed by atoms with Crippen molar-refractivity contribution in [3.8, 4) is 0 Å². The van der Waals surface area contributed by atoms with Gasteiger partial charge >= 0.3 is 0 Å². The van der Waals surface area contributed by atoms with E-state index in [9.17, 15) is 5.11 Å². The SMILES string of the molecule is CC1(C)[C@@H]2CC[C@@]1(C)[C@@H](O)[C@H]2SCc1ccccc1. The summed E-state index contributed by atoms with van der Waals surface area (Å²) in [6.07, 6.45) is 2.33. The van der Waals surface area contributed by atoms with Gasteiger partial charge in [0.2, 0.25) is 0 Å². The second-order valence-corrected chi connectivity index (χ2v) is 8.16. The maximum Gasteiger partial charge on any atom is 0.0720 e. The molecule has 0 unspecified atom stereocenters. The van der Waals surface area contributed by atoms with Crippen molar-refractivity contribution in [3.63, 3.8) is 0 Å². The summed E-state index contributed by atoms with van der Waals surface area (Å²) in [5.41, 5.74) is 1.76. The quantitative estimate of drug-likeness (QED) is 0.896. The van der Waals surface area contributed by atoms with E-state index in [1.165, 1.54) is 18.4 Å². The molecule has 0 heterocycles. The molecule has 1 N–H and O–H groups in total. The van der Waals surface area contributed by atoms with Gasteiger partial charge in [0.05, 0.1) is 6.10 Å². The Morgan fingerprint density at radius 1 is 1.21 bits per heavy atom. The fourth-order valence-corrected chi connectivity index (χ4v) is 5.99. The maximum absolute atomic E-state index is 10.7. The minimum Gasteiger partial charge on any atom is -0.391 e. The highest BCUT2D eigenvalue weighted by Crippen LogP contribution is 2.67. The van der Waals surface area contributed by atoms with Crippen molar-refractivity contribution < 1.29 is 5.11 Å². The summed E-state index contributed by atoms with van der Waals surface area (Å²) in [7, 11) is 0. The summed E-state index contributed by atoms with van der Waals surface area (Å²) in [4.78, 5) is 0. The molecule has 4 atom stereocenters. The van der Waals surface area contributed by atoms with Crippen LogP contribution in [0.1, 0.15) is 39.2 Å². The largest absolute Gasteiger partial charge is 0.391 e. The third-order valence-corrected chi connectivity index (χ3v) is 7.49. The van der Waals surface area contributed by atoms with Crippen LogP contribution in [0.3, 0.4) is 0 Å². The van der Waals surface area contributed by atoms with Crippen LogP contribution in [-0.4, -0.2) is 16.5 Å². The van der Waals surface area contributed by atoms with E-state index in [1.807, 2.05) is 11.8 Å². The van der Waals surface area contributed by atoms with Gasteiger partial charge in [-0.05, 0) is 35.2 Å². The number of aliphatic hydroxyl groups is 1. The monoisotopic (exact) mass is 276 g/mol. The average Bonchev–Trinajstić information content (AvgIpc) is 2.70. The molecule has 0 amide bonds. The molecule has 0 saturated heterocycles. The van der Waals surface area contributed by atoms with Gasteiger partial charge in [-0.15, -0.1) is 0 Å². The van der Waals surface area contributed by atoms with Crippen molar-refractivity contribution in [3.05, 3.63) is 35.9 Å². The van der Waals surface area contributed by atoms with E-state index in [0.717, 1.165) is 5.75 Å². The van der Waals surface area contributed by atoms with Gasteiger partial charge in [-0.3, -0.25) is 0 Å². The number of rotatable bonds is 3. The van der Waals surface area contributed by atoms with Gasteiger partial charge in [-0.2, -0.15) is 11.8 Å². The zero-order valence-electron chi connectivity index (χ0n) is 12.1. The number of aliphatic hydroxyl groups excluding tert-OH is 1. The van der Waals surface area contributed by atoms with E-state index in [4.69, 9.17) is 0 Å².